The summed E-state index contributed by atoms with van der Waals surface area (Å²) in [5.41, 5.74) is -0.0145. The minimum atomic E-state index is -0.587. The Labute approximate surface area is 176 Å². The van der Waals surface area contributed by atoms with Gasteiger partial charge in [-0.2, -0.15) is 0 Å². The zero-order valence-electron chi connectivity index (χ0n) is 16.7. The number of esters is 1. The van der Waals surface area contributed by atoms with Crippen LogP contribution in [0.5, 0.6) is 5.75 Å². The fourth-order valence-corrected chi connectivity index (χ4v) is 4.15. The molecule has 0 spiro atoms. The molecular weight excluding hydrogens is 396 g/mol. The molecule has 1 aromatic rings. The highest BCUT2D eigenvalue weighted by Gasteiger charge is 2.38. The molecule has 1 aromatic carbocycles. The predicted molar refractivity (Wildman–Crippen MR) is 109 cm³/mol. The lowest BCUT2D eigenvalue weighted by molar-refractivity contribution is -0.150. The molecule has 1 saturated carbocycles. The van der Waals surface area contributed by atoms with Gasteiger partial charge in [-0.05, 0) is 37.1 Å². The lowest BCUT2D eigenvalue weighted by Crippen LogP contribution is -2.59. The number of rotatable bonds is 8. The molecule has 1 saturated heterocycles. The highest BCUT2D eigenvalue weighted by atomic mass is 35.5. The number of ether oxygens (including phenoxy) is 3. The van der Waals surface area contributed by atoms with E-state index in [0.717, 1.165) is 39.1 Å². The third-order valence-corrected chi connectivity index (χ3v) is 5.87. The van der Waals surface area contributed by atoms with Crippen LogP contribution in [0.4, 0.5) is 0 Å². The van der Waals surface area contributed by atoms with E-state index in [2.05, 4.69) is 10.2 Å². The summed E-state index contributed by atoms with van der Waals surface area (Å²) < 4.78 is 15.8. The molecule has 2 aliphatic rings. The Bertz CT molecular complexity index is 670. The van der Waals surface area contributed by atoms with Crippen molar-refractivity contribution in [1.29, 1.82) is 0 Å². The molecule has 160 valence electrons. The molecule has 2 fully saturated rings. The first-order chi connectivity index (χ1) is 14.1. The molecule has 1 amide bonds. The van der Waals surface area contributed by atoms with Crippen molar-refractivity contribution < 1.29 is 23.8 Å². The molecule has 1 aliphatic heterocycles. The van der Waals surface area contributed by atoms with Gasteiger partial charge in [0.2, 0.25) is 0 Å². The summed E-state index contributed by atoms with van der Waals surface area (Å²) in [6.45, 7) is 3.28. The topological polar surface area (TPSA) is 77.1 Å². The Kier molecular flexibility index (Phi) is 8.15. The van der Waals surface area contributed by atoms with Crippen LogP contribution in [0.2, 0.25) is 5.02 Å². The zero-order chi connectivity index (χ0) is 20.5. The van der Waals surface area contributed by atoms with Gasteiger partial charge in [-0.3, -0.25) is 9.69 Å². The van der Waals surface area contributed by atoms with E-state index in [9.17, 15) is 9.59 Å². The minimum Gasteiger partial charge on any atom is -0.482 e. The molecule has 8 heteroatoms. The number of hydrogen-bond donors (Lipinski definition) is 1. The van der Waals surface area contributed by atoms with Crippen molar-refractivity contribution in [2.24, 2.45) is 0 Å². The summed E-state index contributed by atoms with van der Waals surface area (Å²) in [6.07, 6.45) is 5.73. The zero-order valence-corrected chi connectivity index (χ0v) is 17.4. The third-order valence-electron chi connectivity index (χ3n) is 5.62. The number of nitrogens with one attached hydrogen (secondary N) is 1. The van der Waals surface area contributed by atoms with Gasteiger partial charge in [0.15, 0.2) is 13.2 Å². The molecule has 0 aromatic heterocycles. The maximum absolute atomic E-state index is 12.2. The first-order valence-electron chi connectivity index (χ1n) is 10.2. The smallest absolute Gasteiger partial charge is 0.344 e. The van der Waals surface area contributed by atoms with Crippen LogP contribution in [0, 0.1) is 0 Å². The normalized spacial score (nSPS) is 19.3. The first kappa shape index (κ1) is 21.9. The molecule has 3 rings (SSSR count). The predicted octanol–water partition coefficient (Wildman–Crippen LogP) is 2.41. The molecule has 0 radical (unpaired) electrons. The Morgan fingerprint density at radius 2 is 1.76 bits per heavy atom. The van der Waals surface area contributed by atoms with Crippen LogP contribution in [-0.4, -0.2) is 68.4 Å². The molecule has 1 N–H and O–H groups in total. The Hall–Kier alpha value is -1.83. The number of benzene rings is 1. The van der Waals surface area contributed by atoms with Gasteiger partial charge in [0, 0.05) is 30.2 Å². The molecular formula is C21H29ClN2O5. The first-order valence-corrected chi connectivity index (χ1v) is 10.6. The third kappa shape index (κ3) is 6.59. The number of nitrogens with zero attached hydrogens (tertiary/aromatic N) is 1. The number of halogens is 1. The van der Waals surface area contributed by atoms with Crippen molar-refractivity contribution >= 4 is 23.5 Å². The molecule has 7 nitrogen and oxygen atoms in total. The highest BCUT2D eigenvalue weighted by molar-refractivity contribution is 6.30. The fourth-order valence-electron chi connectivity index (χ4n) is 4.03. The van der Waals surface area contributed by atoms with Crippen molar-refractivity contribution in [3.05, 3.63) is 29.3 Å². The van der Waals surface area contributed by atoms with E-state index in [4.69, 9.17) is 25.8 Å². The molecule has 0 bridgehead atoms. The van der Waals surface area contributed by atoms with Crippen LogP contribution in [0.15, 0.2) is 24.3 Å². The number of morpholine rings is 1. The van der Waals surface area contributed by atoms with E-state index in [-0.39, 0.29) is 24.7 Å². The van der Waals surface area contributed by atoms with Gasteiger partial charge < -0.3 is 19.5 Å². The van der Waals surface area contributed by atoms with Crippen molar-refractivity contribution in [3.63, 3.8) is 0 Å². The van der Waals surface area contributed by atoms with Crippen LogP contribution >= 0.6 is 11.6 Å². The lowest BCUT2D eigenvalue weighted by atomic mass is 9.79. The van der Waals surface area contributed by atoms with Gasteiger partial charge in [0.05, 0.1) is 13.2 Å². The van der Waals surface area contributed by atoms with E-state index >= 15 is 0 Å². The standard InChI is InChI=1S/C21H29ClN2O5/c22-17-4-6-18(7-5-17)28-15-20(26)29-14-19(25)23-16-21(8-2-1-3-9-21)24-10-12-27-13-11-24/h4-7H,1-3,8-16H2,(H,23,25). The maximum Gasteiger partial charge on any atom is 0.344 e. The van der Waals surface area contributed by atoms with Crippen LogP contribution in [0.3, 0.4) is 0 Å². The molecule has 0 unspecified atom stereocenters. The van der Waals surface area contributed by atoms with E-state index < -0.39 is 5.97 Å². The lowest BCUT2D eigenvalue weighted by Gasteiger charge is -2.48. The van der Waals surface area contributed by atoms with E-state index in [1.807, 2.05) is 0 Å². The average molecular weight is 425 g/mol. The molecule has 29 heavy (non-hydrogen) atoms. The second kappa shape index (κ2) is 10.8. The van der Waals surface area contributed by atoms with Crippen LogP contribution in [0.1, 0.15) is 32.1 Å². The maximum atomic E-state index is 12.2. The quantitative estimate of drug-likeness (QED) is 0.646. The Morgan fingerprint density at radius 1 is 1.07 bits per heavy atom. The van der Waals surface area contributed by atoms with Crippen molar-refractivity contribution in [3.8, 4) is 5.75 Å². The largest absolute Gasteiger partial charge is 0.482 e. The van der Waals surface area contributed by atoms with Gasteiger partial charge in [-0.1, -0.05) is 30.9 Å². The Balaban J connectivity index is 1.40. The van der Waals surface area contributed by atoms with Crippen LogP contribution in [-0.2, 0) is 19.1 Å². The van der Waals surface area contributed by atoms with Crippen molar-refractivity contribution in [1.82, 2.24) is 10.2 Å². The van der Waals surface area contributed by atoms with Crippen LogP contribution < -0.4 is 10.1 Å². The highest BCUT2D eigenvalue weighted by Crippen LogP contribution is 2.33. The summed E-state index contributed by atoms with van der Waals surface area (Å²) in [7, 11) is 0. The number of carbonyl (C=O) groups excluding carboxylic acids is 2. The second-order valence-electron chi connectivity index (χ2n) is 7.56. The number of hydrogen-bond acceptors (Lipinski definition) is 6. The average Bonchev–Trinajstić information content (AvgIpc) is 2.77. The summed E-state index contributed by atoms with van der Waals surface area (Å²) in [4.78, 5) is 26.5. The Morgan fingerprint density at radius 3 is 2.45 bits per heavy atom. The SMILES string of the molecule is O=C(COC(=O)COc1ccc(Cl)cc1)NCC1(N2CCOCC2)CCCCC1. The van der Waals surface area contributed by atoms with Gasteiger partial charge in [0.25, 0.3) is 5.91 Å². The molecule has 0 atom stereocenters. The minimum absolute atomic E-state index is 0.0145. The van der Waals surface area contributed by atoms with E-state index in [1.165, 1.54) is 19.3 Å². The molecule has 1 aliphatic carbocycles. The summed E-state index contributed by atoms with van der Waals surface area (Å²) >= 11 is 5.80. The van der Waals surface area contributed by atoms with Crippen molar-refractivity contribution in [2.45, 2.75) is 37.6 Å². The van der Waals surface area contributed by atoms with Gasteiger partial charge >= 0.3 is 5.97 Å². The van der Waals surface area contributed by atoms with Gasteiger partial charge in [-0.25, -0.2) is 4.79 Å². The van der Waals surface area contributed by atoms with Crippen LogP contribution in [0.25, 0.3) is 0 Å². The number of carbonyl (C=O) groups is 2. The monoisotopic (exact) mass is 424 g/mol. The second-order valence-corrected chi connectivity index (χ2v) is 8.00. The van der Waals surface area contributed by atoms with Crippen molar-refractivity contribution in [2.75, 3.05) is 46.1 Å². The van der Waals surface area contributed by atoms with Gasteiger partial charge in [0.1, 0.15) is 5.75 Å². The molecule has 1 heterocycles. The van der Waals surface area contributed by atoms with E-state index in [0.29, 0.717) is 17.3 Å². The van der Waals surface area contributed by atoms with Gasteiger partial charge in [-0.15, -0.1) is 0 Å². The fraction of sp³-hybridized carbons (Fsp3) is 0.619. The summed E-state index contributed by atoms with van der Waals surface area (Å²) in [5, 5.41) is 3.56. The number of amides is 1. The summed E-state index contributed by atoms with van der Waals surface area (Å²) in [5.74, 6) is -0.362. The van der Waals surface area contributed by atoms with E-state index in [1.54, 1.807) is 24.3 Å². The summed E-state index contributed by atoms with van der Waals surface area (Å²) in [6, 6.07) is 6.67.